The second kappa shape index (κ2) is 9.03. The van der Waals surface area contributed by atoms with Crippen molar-refractivity contribution in [3.05, 3.63) is 59.7 Å². The number of hydrogen-bond donors (Lipinski definition) is 1. The highest BCUT2D eigenvalue weighted by atomic mass is 16.6. The number of methoxy groups -OCH3 is 1. The maximum absolute atomic E-state index is 12.3. The number of para-hydroxylation sites is 1. The molecule has 2 aromatic carbocycles. The van der Waals surface area contributed by atoms with Gasteiger partial charge in [0.25, 0.3) is 0 Å². The van der Waals surface area contributed by atoms with E-state index in [0.717, 1.165) is 0 Å². The Labute approximate surface area is 163 Å². The van der Waals surface area contributed by atoms with Gasteiger partial charge >= 0.3 is 12.1 Å². The number of amides is 1. The van der Waals surface area contributed by atoms with Crippen LogP contribution in [0.25, 0.3) is 0 Å². The highest BCUT2D eigenvalue weighted by molar-refractivity contribution is 6.01. The number of anilines is 1. The van der Waals surface area contributed by atoms with Gasteiger partial charge in [0.05, 0.1) is 18.2 Å². The van der Waals surface area contributed by atoms with Crippen LogP contribution in [0.3, 0.4) is 0 Å². The topological polar surface area (TPSA) is 90.9 Å². The van der Waals surface area contributed by atoms with Crippen molar-refractivity contribution < 1.29 is 28.6 Å². The lowest BCUT2D eigenvalue weighted by molar-refractivity contribution is 0.0473. The van der Waals surface area contributed by atoms with Gasteiger partial charge in [0, 0.05) is 5.69 Å². The van der Waals surface area contributed by atoms with Gasteiger partial charge in [0.1, 0.15) is 11.4 Å². The minimum atomic E-state index is -0.684. The van der Waals surface area contributed by atoms with Gasteiger partial charge in [-0.05, 0) is 51.1 Å². The third kappa shape index (κ3) is 6.12. The third-order valence-electron chi connectivity index (χ3n) is 3.49. The first-order valence-corrected chi connectivity index (χ1v) is 8.63. The van der Waals surface area contributed by atoms with E-state index in [-0.39, 0.29) is 11.3 Å². The van der Waals surface area contributed by atoms with Crippen molar-refractivity contribution in [1.29, 1.82) is 0 Å². The van der Waals surface area contributed by atoms with Gasteiger partial charge in [0.15, 0.2) is 6.61 Å². The van der Waals surface area contributed by atoms with Crippen molar-refractivity contribution in [2.24, 2.45) is 0 Å². The molecule has 1 amide bonds. The summed E-state index contributed by atoms with van der Waals surface area (Å²) >= 11 is 0. The molecule has 2 rings (SSSR count). The molecule has 0 radical (unpaired) electrons. The van der Waals surface area contributed by atoms with Crippen LogP contribution in [-0.4, -0.2) is 37.2 Å². The average Bonchev–Trinajstić information content (AvgIpc) is 2.64. The van der Waals surface area contributed by atoms with E-state index in [4.69, 9.17) is 14.2 Å². The molecule has 7 heteroatoms. The molecule has 0 saturated heterocycles. The molecule has 148 valence electrons. The zero-order valence-corrected chi connectivity index (χ0v) is 16.3. The van der Waals surface area contributed by atoms with Crippen LogP contribution >= 0.6 is 0 Å². The fraction of sp³-hybridized carbons (Fsp3) is 0.286. The Morgan fingerprint density at radius 3 is 2.39 bits per heavy atom. The highest BCUT2D eigenvalue weighted by Gasteiger charge is 2.18. The van der Waals surface area contributed by atoms with Crippen LogP contribution in [0.1, 0.15) is 41.5 Å². The second-order valence-electron chi connectivity index (χ2n) is 6.91. The number of carbonyl (C=O) groups is 3. The molecule has 0 heterocycles. The largest absolute Gasteiger partial charge is 0.496 e. The van der Waals surface area contributed by atoms with Crippen LogP contribution in [0.4, 0.5) is 10.5 Å². The maximum atomic E-state index is 12.3. The Balaban J connectivity index is 1.99. The van der Waals surface area contributed by atoms with E-state index in [1.807, 2.05) is 0 Å². The van der Waals surface area contributed by atoms with E-state index >= 15 is 0 Å². The van der Waals surface area contributed by atoms with E-state index < -0.39 is 24.3 Å². The summed E-state index contributed by atoms with van der Waals surface area (Å²) < 4.78 is 15.4. The summed E-state index contributed by atoms with van der Waals surface area (Å²) in [4.78, 5) is 36.4. The first-order chi connectivity index (χ1) is 13.2. The van der Waals surface area contributed by atoms with Gasteiger partial charge in [-0.15, -0.1) is 0 Å². The predicted molar refractivity (Wildman–Crippen MR) is 104 cm³/mol. The van der Waals surface area contributed by atoms with Crippen molar-refractivity contribution in [3.8, 4) is 5.75 Å². The number of benzene rings is 2. The van der Waals surface area contributed by atoms with Crippen molar-refractivity contribution in [1.82, 2.24) is 0 Å². The zero-order chi connectivity index (χ0) is 20.7. The number of carbonyl (C=O) groups excluding carboxylic acids is 3. The Hall–Kier alpha value is -3.35. The second-order valence-corrected chi connectivity index (χ2v) is 6.91. The summed E-state index contributed by atoms with van der Waals surface area (Å²) in [7, 11) is 1.46. The summed E-state index contributed by atoms with van der Waals surface area (Å²) in [6.07, 6.45) is -0.635. The summed E-state index contributed by atoms with van der Waals surface area (Å²) in [5, 5.41) is 2.55. The SMILES string of the molecule is COc1ccccc1C(=O)COC(=O)c1cccc(NC(=O)OC(C)(C)C)c1. The highest BCUT2D eigenvalue weighted by Crippen LogP contribution is 2.18. The summed E-state index contributed by atoms with van der Waals surface area (Å²) in [6.45, 7) is 4.82. The van der Waals surface area contributed by atoms with Crippen LogP contribution in [0, 0.1) is 0 Å². The quantitative estimate of drug-likeness (QED) is 0.595. The fourth-order valence-electron chi connectivity index (χ4n) is 2.31. The van der Waals surface area contributed by atoms with Crippen molar-refractivity contribution in [3.63, 3.8) is 0 Å². The Morgan fingerprint density at radius 1 is 1.00 bits per heavy atom. The molecule has 0 aliphatic carbocycles. The first kappa shape index (κ1) is 21.0. The van der Waals surface area contributed by atoms with Gasteiger partial charge in [0.2, 0.25) is 5.78 Å². The van der Waals surface area contributed by atoms with Crippen LogP contribution in [-0.2, 0) is 9.47 Å². The van der Waals surface area contributed by atoms with Crippen LogP contribution in [0.5, 0.6) is 5.75 Å². The smallest absolute Gasteiger partial charge is 0.412 e. The van der Waals surface area contributed by atoms with Gasteiger partial charge in [-0.25, -0.2) is 9.59 Å². The molecule has 0 saturated carbocycles. The van der Waals surface area contributed by atoms with E-state index in [0.29, 0.717) is 17.0 Å². The van der Waals surface area contributed by atoms with Gasteiger partial charge in [-0.2, -0.15) is 0 Å². The predicted octanol–water partition coefficient (Wildman–Crippen LogP) is 4.08. The molecule has 28 heavy (non-hydrogen) atoms. The van der Waals surface area contributed by atoms with E-state index in [1.165, 1.54) is 19.2 Å². The monoisotopic (exact) mass is 385 g/mol. The van der Waals surface area contributed by atoms with Crippen molar-refractivity contribution >= 4 is 23.5 Å². The zero-order valence-electron chi connectivity index (χ0n) is 16.3. The van der Waals surface area contributed by atoms with Crippen molar-refractivity contribution in [2.75, 3.05) is 19.0 Å². The maximum Gasteiger partial charge on any atom is 0.412 e. The third-order valence-corrected chi connectivity index (χ3v) is 3.49. The minimum absolute atomic E-state index is 0.196. The molecule has 7 nitrogen and oxygen atoms in total. The molecule has 0 atom stereocenters. The number of rotatable bonds is 6. The fourth-order valence-corrected chi connectivity index (χ4v) is 2.31. The van der Waals surface area contributed by atoms with E-state index in [1.54, 1.807) is 57.2 Å². The van der Waals surface area contributed by atoms with Gasteiger partial charge in [-0.3, -0.25) is 10.1 Å². The minimum Gasteiger partial charge on any atom is -0.496 e. The number of Topliss-reactive ketones (excluding diaryl/α,β-unsaturated/α-hetero) is 1. The van der Waals surface area contributed by atoms with Crippen LogP contribution in [0.15, 0.2) is 48.5 Å². The van der Waals surface area contributed by atoms with Gasteiger partial charge < -0.3 is 14.2 Å². The number of esters is 1. The molecular weight excluding hydrogens is 362 g/mol. The molecule has 0 aliphatic heterocycles. The molecule has 1 N–H and O–H groups in total. The number of nitrogens with one attached hydrogen (secondary N) is 1. The van der Waals surface area contributed by atoms with Crippen molar-refractivity contribution in [2.45, 2.75) is 26.4 Å². The van der Waals surface area contributed by atoms with Gasteiger partial charge in [-0.1, -0.05) is 18.2 Å². The molecule has 0 bridgehead atoms. The molecular formula is C21H23NO6. The molecule has 0 aromatic heterocycles. The number of hydrogen-bond acceptors (Lipinski definition) is 6. The van der Waals surface area contributed by atoms with Crippen LogP contribution in [0.2, 0.25) is 0 Å². The lowest BCUT2D eigenvalue weighted by Gasteiger charge is -2.19. The molecule has 0 aliphatic rings. The summed E-state index contributed by atoms with van der Waals surface area (Å²) in [5.41, 5.74) is 0.263. The Bertz CT molecular complexity index is 869. The number of ether oxygens (including phenoxy) is 3. The summed E-state index contributed by atoms with van der Waals surface area (Å²) in [6, 6.07) is 12.9. The lowest BCUT2D eigenvalue weighted by atomic mass is 10.1. The molecule has 0 unspecified atom stereocenters. The molecule has 0 spiro atoms. The Morgan fingerprint density at radius 2 is 1.71 bits per heavy atom. The average molecular weight is 385 g/mol. The normalized spacial score (nSPS) is 10.7. The van der Waals surface area contributed by atoms with E-state index in [9.17, 15) is 14.4 Å². The molecule has 2 aromatic rings. The van der Waals surface area contributed by atoms with Crippen LogP contribution < -0.4 is 10.1 Å². The first-order valence-electron chi connectivity index (χ1n) is 8.63. The number of ketones is 1. The Kier molecular flexibility index (Phi) is 6.76. The standard InChI is InChI=1S/C21H23NO6/c1-21(2,3)28-20(25)22-15-9-7-8-14(12-15)19(24)27-13-17(23)16-10-5-6-11-18(16)26-4/h5-12H,13H2,1-4H3,(H,22,25). The van der Waals surface area contributed by atoms with E-state index in [2.05, 4.69) is 5.32 Å². The summed E-state index contributed by atoms with van der Waals surface area (Å²) in [5.74, 6) is -0.656. The molecule has 0 fully saturated rings. The lowest BCUT2D eigenvalue weighted by Crippen LogP contribution is -2.27.